The Labute approximate surface area is 172 Å². The number of carboxylic acids is 1. The van der Waals surface area contributed by atoms with Gasteiger partial charge >= 0.3 is 5.97 Å². The van der Waals surface area contributed by atoms with E-state index in [1.165, 1.54) is 11.1 Å². The van der Waals surface area contributed by atoms with Gasteiger partial charge < -0.3 is 15.2 Å². The van der Waals surface area contributed by atoms with Gasteiger partial charge in [-0.3, -0.25) is 0 Å². The fourth-order valence-corrected chi connectivity index (χ4v) is 3.22. The first-order valence-electron chi connectivity index (χ1n) is 9.93. The van der Waals surface area contributed by atoms with Gasteiger partial charge in [-0.05, 0) is 42.5 Å². The minimum absolute atomic E-state index is 0.390. The van der Waals surface area contributed by atoms with E-state index in [1.807, 2.05) is 36.4 Å². The molecule has 0 saturated heterocycles. The van der Waals surface area contributed by atoms with Crippen LogP contribution in [0.2, 0.25) is 0 Å². The highest BCUT2D eigenvalue weighted by Crippen LogP contribution is 2.26. The zero-order valence-corrected chi connectivity index (χ0v) is 16.6. The summed E-state index contributed by atoms with van der Waals surface area (Å²) in [7, 11) is 0. The SMILES string of the molecule is CC(NCc1ccccc1)c1ccccc1.O=C(O)C1CCc2ccccc2O1. The maximum absolute atomic E-state index is 10.6. The first-order chi connectivity index (χ1) is 14.1. The number of carboxylic acid groups (broad SMARTS) is 1. The molecule has 0 saturated carbocycles. The molecule has 0 fully saturated rings. The van der Waals surface area contributed by atoms with Gasteiger partial charge in [0.25, 0.3) is 0 Å². The van der Waals surface area contributed by atoms with Crippen LogP contribution in [0.4, 0.5) is 0 Å². The Morgan fingerprint density at radius 3 is 2.31 bits per heavy atom. The highest BCUT2D eigenvalue weighted by molar-refractivity contribution is 5.73. The molecule has 3 aromatic rings. The zero-order chi connectivity index (χ0) is 20.5. The predicted molar refractivity (Wildman–Crippen MR) is 115 cm³/mol. The van der Waals surface area contributed by atoms with Crippen LogP contribution in [0.5, 0.6) is 5.75 Å². The molecule has 0 aliphatic carbocycles. The van der Waals surface area contributed by atoms with Crippen molar-refractivity contribution in [3.8, 4) is 5.75 Å². The molecular formula is C25H27NO3. The molecule has 150 valence electrons. The Kier molecular flexibility index (Phi) is 7.42. The van der Waals surface area contributed by atoms with Crippen molar-refractivity contribution < 1.29 is 14.6 Å². The van der Waals surface area contributed by atoms with Crippen LogP contribution < -0.4 is 10.1 Å². The van der Waals surface area contributed by atoms with Crippen LogP contribution in [0.15, 0.2) is 84.9 Å². The molecule has 3 aromatic carbocycles. The predicted octanol–water partition coefficient (Wildman–Crippen LogP) is 5.00. The molecule has 2 atom stereocenters. The number of rotatable bonds is 5. The summed E-state index contributed by atoms with van der Waals surface area (Å²) >= 11 is 0. The summed E-state index contributed by atoms with van der Waals surface area (Å²) in [5.74, 6) is -0.171. The number of para-hydroxylation sites is 1. The lowest BCUT2D eigenvalue weighted by atomic mass is 10.0. The number of hydrogen-bond donors (Lipinski definition) is 2. The summed E-state index contributed by atoms with van der Waals surface area (Å²) < 4.78 is 5.29. The first kappa shape index (κ1) is 20.6. The molecule has 4 nitrogen and oxygen atoms in total. The lowest BCUT2D eigenvalue weighted by Crippen LogP contribution is -2.30. The fourth-order valence-electron chi connectivity index (χ4n) is 3.22. The summed E-state index contributed by atoms with van der Waals surface area (Å²) in [4.78, 5) is 10.6. The van der Waals surface area contributed by atoms with E-state index in [9.17, 15) is 4.79 Å². The van der Waals surface area contributed by atoms with E-state index < -0.39 is 12.1 Å². The quantitative estimate of drug-likeness (QED) is 0.645. The van der Waals surface area contributed by atoms with Crippen LogP contribution in [-0.2, 0) is 17.8 Å². The average molecular weight is 389 g/mol. The van der Waals surface area contributed by atoms with E-state index in [0.717, 1.165) is 18.5 Å². The van der Waals surface area contributed by atoms with E-state index in [0.29, 0.717) is 18.2 Å². The molecule has 2 N–H and O–H groups in total. The normalized spacial score (nSPS) is 15.8. The van der Waals surface area contributed by atoms with Gasteiger partial charge in [0.2, 0.25) is 0 Å². The van der Waals surface area contributed by atoms with Crippen molar-refractivity contribution in [2.24, 2.45) is 0 Å². The number of hydrogen-bond acceptors (Lipinski definition) is 3. The number of aliphatic carboxylic acids is 1. The molecule has 0 amide bonds. The summed E-state index contributed by atoms with van der Waals surface area (Å²) in [5, 5.41) is 12.3. The Morgan fingerprint density at radius 2 is 1.62 bits per heavy atom. The van der Waals surface area contributed by atoms with Gasteiger partial charge in [-0.25, -0.2) is 4.79 Å². The van der Waals surface area contributed by atoms with Crippen molar-refractivity contribution in [2.75, 3.05) is 0 Å². The molecule has 0 bridgehead atoms. The number of carbonyl (C=O) groups is 1. The highest BCUT2D eigenvalue weighted by atomic mass is 16.5. The number of fused-ring (bicyclic) bond motifs is 1. The van der Waals surface area contributed by atoms with Crippen LogP contribution in [0.25, 0.3) is 0 Å². The van der Waals surface area contributed by atoms with Crippen molar-refractivity contribution in [1.82, 2.24) is 5.32 Å². The second-order valence-corrected chi connectivity index (χ2v) is 7.09. The lowest BCUT2D eigenvalue weighted by Gasteiger charge is -2.22. The van der Waals surface area contributed by atoms with Gasteiger partial charge in [0, 0.05) is 12.6 Å². The Balaban J connectivity index is 0.000000169. The van der Waals surface area contributed by atoms with E-state index >= 15 is 0 Å². The Hall–Kier alpha value is -3.11. The third kappa shape index (κ3) is 6.19. The van der Waals surface area contributed by atoms with Crippen molar-refractivity contribution in [3.05, 3.63) is 102 Å². The third-order valence-electron chi connectivity index (χ3n) is 4.95. The largest absolute Gasteiger partial charge is 0.479 e. The second kappa shape index (κ2) is 10.4. The molecule has 4 heteroatoms. The molecule has 0 radical (unpaired) electrons. The molecule has 4 rings (SSSR count). The second-order valence-electron chi connectivity index (χ2n) is 7.09. The van der Waals surface area contributed by atoms with Gasteiger partial charge in [0.15, 0.2) is 6.10 Å². The number of aryl methyl sites for hydroxylation is 1. The van der Waals surface area contributed by atoms with Crippen molar-refractivity contribution >= 4 is 5.97 Å². The molecule has 0 spiro atoms. The molecule has 1 heterocycles. The molecule has 0 aromatic heterocycles. The van der Waals surface area contributed by atoms with Gasteiger partial charge in [0.05, 0.1) is 0 Å². The maximum Gasteiger partial charge on any atom is 0.344 e. The standard InChI is InChI=1S/C15H17N.C10H10O3/c1-13(15-10-6-3-7-11-15)16-12-14-8-4-2-5-9-14;11-10(12)9-6-5-7-3-1-2-4-8(7)13-9/h2-11,13,16H,12H2,1H3;1-4,9H,5-6H2,(H,11,12). The van der Waals surface area contributed by atoms with Crippen LogP contribution in [0.1, 0.15) is 36.1 Å². The third-order valence-corrected chi connectivity index (χ3v) is 4.95. The zero-order valence-electron chi connectivity index (χ0n) is 16.6. The minimum atomic E-state index is -0.880. The molecule has 1 aliphatic heterocycles. The molecule has 1 aliphatic rings. The monoisotopic (exact) mass is 389 g/mol. The molecular weight excluding hydrogens is 362 g/mol. The van der Waals surface area contributed by atoms with Crippen LogP contribution in [0.3, 0.4) is 0 Å². The average Bonchev–Trinajstić information content (AvgIpc) is 2.79. The summed E-state index contributed by atoms with van der Waals surface area (Å²) in [5.41, 5.74) is 3.75. The maximum atomic E-state index is 10.6. The first-order valence-corrected chi connectivity index (χ1v) is 9.93. The minimum Gasteiger partial charge on any atom is -0.479 e. The molecule has 2 unspecified atom stereocenters. The van der Waals surface area contributed by atoms with Crippen LogP contribution in [-0.4, -0.2) is 17.2 Å². The summed E-state index contributed by atoms with van der Waals surface area (Å²) in [6.45, 7) is 3.11. The summed E-state index contributed by atoms with van der Waals surface area (Å²) in [6, 6.07) is 28.9. The summed E-state index contributed by atoms with van der Waals surface area (Å²) in [6.07, 6.45) is 0.675. The van der Waals surface area contributed by atoms with Gasteiger partial charge in [0.1, 0.15) is 5.75 Å². The van der Waals surface area contributed by atoms with Gasteiger partial charge in [-0.15, -0.1) is 0 Å². The number of nitrogens with one attached hydrogen (secondary N) is 1. The number of ether oxygens (including phenoxy) is 1. The molecule has 29 heavy (non-hydrogen) atoms. The topological polar surface area (TPSA) is 58.6 Å². The van der Waals surface area contributed by atoms with Crippen molar-refractivity contribution in [3.63, 3.8) is 0 Å². The van der Waals surface area contributed by atoms with Crippen LogP contribution in [0, 0.1) is 0 Å². The van der Waals surface area contributed by atoms with E-state index in [4.69, 9.17) is 9.84 Å². The van der Waals surface area contributed by atoms with Crippen molar-refractivity contribution in [1.29, 1.82) is 0 Å². The fraction of sp³-hybridized carbons (Fsp3) is 0.240. The Bertz CT molecular complexity index is 896. The van der Waals surface area contributed by atoms with E-state index in [1.54, 1.807) is 0 Å². The van der Waals surface area contributed by atoms with Crippen LogP contribution >= 0.6 is 0 Å². The van der Waals surface area contributed by atoms with Gasteiger partial charge in [-0.1, -0.05) is 78.9 Å². The Morgan fingerprint density at radius 1 is 1.00 bits per heavy atom. The van der Waals surface area contributed by atoms with E-state index in [-0.39, 0.29) is 0 Å². The lowest BCUT2D eigenvalue weighted by molar-refractivity contribution is -0.145. The van der Waals surface area contributed by atoms with Crippen molar-refractivity contribution in [2.45, 2.75) is 38.5 Å². The smallest absolute Gasteiger partial charge is 0.344 e. The van der Waals surface area contributed by atoms with E-state index in [2.05, 4.69) is 60.8 Å². The highest BCUT2D eigenvalue weighted by Gasteiger charge is 2.24. The van der Waals surface area contributed by atoms with Gasteiger partial charge in [-0.2, -0.15) is 0 Å². The number of benzene rings is 3.